The Labute approximate surface area is 118 Å². The number of anilines is 1. The van der Waals surface area contributed by atoms with Gasteiger partial charge in [0.15, 0.2) is 5.75 Å². The molecule has 0 aliphatic carbocycles. The molecule has 0 aliphatic heterocycles. The zero-order valence-corrected chi connectivity index (χ0v) is 11.3. The molecule has 0 saturated heterocycles. The lowest BCUT2D eigenvalue weighted by Gasteiger charge is -2.10. The maximum absolute atomic E-state index is 13.2. The van der Waals surface area contributed by atoms with Crippen molar-refractivity contribution < 1.29 is 22.3 Å². The minimum absolute atomic E-state index is 0.345. The Morgan fingerprint density at radius 1 is 1.10 bits per heavy atom. The van der Waals surface area contributed by atoms with Gasteiger partial charge in [-0.15, -0.1) is 0 Å². The van der Waals surface area contributed by atoms with E-state index in [1.54, 1.807) is 0 Å². The third kappa shape index (κ3) is 3.00. The zero-order chi connectivity index (χ0) is 14.9. The van der Waals surface area contributed by atoms with E-state index in [4.69, 9.17) is 11.6 Å². The second-order valence-electron chi connectivity index (χ2n) is 3.85. The average molecular weight is 320 g/mol. The summed E-state index contributed by atoms with van der Waals surface area (Å²) in [6.07, 6.45) is 0. The van der Waals surface area contributed by atoms with E-state index in [1.807, 2.05) is 4.72 Å². The summed E-state index contributed by atoms with van der Waals surface area (Å²) in [7, 11) is -4.17. The number of hydrogen-bond donors (Lipinski definition) is 2. The van der Waals surface area contributed by atoms with Crippen LogP contribution in [0.25, 0.3) is 0 Å². The number of benzene rings is 2. The number of aromatic hydroxyl groups is 1. The molecule has 2 aromatic carbocycles. The van der Waals surface area contributed by atoms with Crippen molar-refractivity contribution in [1.29, 1.82) is 0 Å². The number of sulfonamides is 1. The van der Waals surface area contributed by atoms with Crippen LogP contribution in [0.4, 0.5) is 14.5 Å². The molecule has 0 saturated carbocycles. The number of hydrogen-bond acceptors (Lipinski definition) is 3. The van der Waals surface area contributed by atoms with Gasteiger partial charge in [-0.3, -0.25) is 4.72 Å². The van der Waals surface area contributed by atoms with Crippen LogP contribution in [0.3, 0.4) is 0 Å². The molecule has 0 heterocycles. The highest BCUT2D eigenvalue weighted by molar-refractivity contribution is 7.92. The van der Waals surface area contributed by atoms with E-state index < -0.39 is 33.1 Å². The van der Waals surface area contributed by atoms with Crippen LogP contribution in [0.1, 0.15) is 0 Å². The molecule has 0 spiro atoms. The van der Waals surface area contributed by atoms with Crippen LogP contribution in [0.5, 0.6) is 5.75 Å². The van der Waals surface area contributed by atoms with E-state index in [-0.39, 0.29) is 9.92 Å². The Morgan fingerprint density at radius 2 is 1.80 bits per heavy atom. The minimum Gasteiger partial charge on any atom is -0.504 e. The highest BCUT2D eigenvalue weighted by Gasteiger charge is 2.18. The summed E-state index contributed by atoms with van der Waals surface area (Å²) in [5.41, 5.74) is -0.431. The molecule has 0 unspecified atom stereocenters. The van der Waals surface area contributed by atoms with Gasteiger partial charge in [0.25, 0.3) is 10.0 Å². The van der Waals surface area contributed by atoms with Gasteiger partial charge in [0.1, 0.15) is 11.6 Å². The first-order chi connectivity index (χ1) is 9.29. The van der Waals surface area contributed by atoms with Crippen molar-refractivity contribution in [2.75, 3.05) is 4.72 Å². The molecule has 0 radical (unpaired) electrons. The summed E-state index contributed by atoms with van der Waals surface area (Å²) in [5.74, 6) is -2.19. The molecule has 0 bridgehead atoms. The molecule has 0 aliphatic rings. The molecule has 8 heteroatoms. The fourth-order valence-electron chi connectivity index (χ4n) is 1.48. The van der Waals surface area contributed by atoms with Gasteiger partial charge in [0.05, 0.1) is 15.6 Å². The van der Waals surface area contributed by atoms with Crippen molar-refractivity contribution in [3.8, 4) is 5.75 Å². The maximum Gasteiger partial charge on any atom is 0.262 e. The summed E-state index contributed by atoms with van der Waals surface area (Å²) in [6.45, 7) is 0. The smallest absolute Gasteiger partial charge is 0.262 e. The number of rotatable bonds is 3. The summed E-state index contributed by atoms with van der Waals surface area (Å²) < 4.78 is 52.1. The van der Waals surface area contributed by atoms with Crippen LogP contribution in [-0.4, -0.2) is 13.5 Å². The standard InChI is InChI=1S/C12H8ClF2NO3S/c13-10-5-8(15)6-11(12(10)17)16-20(18,19)9-3-1-2-7(14)4-9/h1-6,16-17H. The average Bonchev–Trinajstić information content (AvgIpc) is 2.35. The molecule has 0 fully saturated rings. The molecule has 20 heavy (non-hydrogen) atoms. The Morgan fingerprint density at radius 3 is 2.45 bits per heavy atom. The van der Waals surface area contributed by atoms with Gasteiger partial charge < -0.3 is 5.11 Å². The van der Waals surface area contributed by atoms with Gasteiger partial charge >= 0.3 is 0 Å². The second kappa shape index (κ2) is 5.26. The first-order valence-corrected chi connectivity index (χ1v) is 7.12. The number of nitrogens with one attached hydrogen (secondary N) is 1. The first kappa shape index (κ1) is 14.5. The normalized spacial score (nSPS) is 11.3. The molecular formula is C12H8ClF2NO3S. The van der Waals surface area contributed by atoms with Gasteiger partial charge in [-0.1, -0.05) is 17.7 Å². The van der Waals surface area contributed by atoms with Crippen LogP contribution < -0.4 is 4.72 Å². The van der Waals surface area contributed by atoms with Crippen LogP contribution >= 0.6 is 11.6 Å². The predicted molar refractivity (Wildman–Crippen MR) is 70.3 cm³/mol. The topological polar surface area (TPSA) is 66.4 Å². The Hall–Kier alpha value is -1.86. The summed E-state index contributed by atoms with van der Waals surface area (Å²) in [4.78, 5) is -0.364. The lowest BCUT2D eigenvalue weighted by molar-refractivity contribution is 0.476. The molecule has 2 aromatic rings. The van der Waals surface area contributed by atoms with Crippen molar-refractivity contribution in [3.05, 3.63) is 53.1 Å². The predicted octanol–water partition coefficient (Wildman–Crippen LogP) is 3.12. The third-order valence-electron chi connectivity index (χ3n) is 2.38. The largest absolute Gasteiger partial charge is 0.504 e. The Bertz CT molecular complexity index is 765. The zero-order valence-electron chi connectivity index (χ0n) is 9.77. The van der Waals surface area contributed by atoms with Gasteiger partial charge in [0.2, 0.25) is 0 Å². The molecular weight excluding hydrogens is 312 g/mol. The van der Waals surface area contributed by atoms with E-state index in [2.05, 4.69) is 0 Å². The van der Waals surface area contributed by atoms with Crippen molar-refractivity contribution in [2.24, 2.45) is 0 Å². The number of phenolic OH excluding ortho intramolecular Hbond substituents is 1. The minimum atomic E-state index is -4.17. The molecule has 0 aromatic heterocycles. The molecule has 4 nitrogen and oxygen atoms in total. The second-order valence-corrected chi connectivity index (χ2v) is 5.94. The van der Waals surface area contributed by atoms with E-state index in [9.17, 15) is 22.3 Å². The molecule has 2 N–H and O–H groups in total. The molecule has 0 amide bonds. The van der Waals surface area contributed by atoms with Crippen molar-refractivity contribution in [3.63, 3.8) is 0 Å². The maximum atomic E-state index is 13.2. The quantitative estimate of drug-likeness (QED) is 0.854. The Balaban J connectivity index is 2.44. The van der Waals surface area contributed by atoms with Gasteiger partial charge in [-0.25, -0.2) is 17.2 Å². The van der Waals surface area contributed by atoms with Crippen molar-refractivity contribution >= 4 is 27.3 Å². The van der Waals surface area contributed by atoms with Gasteiger partial charge in [-0.2, -0.15) is 0 Å². The summed E-state index contributed by atoms with van der Waals surface area (Å²) in [5, 5.41) is 9.24. The van der Waals surface area contributed by atoms with E-state index in [1.165, 1.54) is 6.07 Å². The van der Waals surface area contributed by atoms with Gasteiger partial charge in [0, 0.05) is 6.07 Å². The van der Waals surface area contributed by atoms with E-state index >= 15 is 0 Å². The SMILES string of the molecule is O=S(=O)(Nc1cc(F)cc(Cl)c1O)c1cccc(F)c1. The van der Waals surface area contributed by atoms with Crippen LogP contribution in [0.2, 0.25) is 5.02 Å². The van der Waals surface area contributed by atoms with Crippen molar-refractivity contribution in [2.45, 2.75) is 4.90 Å². The fourth-order valence-corrected chi connectivity index (χ4v) is 2.78. The Kier molecular flexibility index (Phi) is 3.82. The van der Waals surface area contributed by atoms with Crippen LogP contribution in [-0.2, 0) is 10.0 Å². The first-order valence-electron chi connectivity index (χ1n) is 5.26. The van der Waals surface area contributed by atoms with E-state index in [0.29, 0.717) is 0 Å². The number of halogens is 3. The van der Waals surface area contributed by atoms with E-state index in [0.717, 1.165) is 30.3 Å². The molecule has 106 valence electrons. The highest BCUT2D eigenvalue weighted by atomic mass is 35.5. The third-order valence-corrected chi connectivity index (χ3v) is 4.03. The van der Waals surface area contributed by atoms with Crippen LogP contribution in [0, 0.1) is 11.6 Å². The fraction of sp³-hybridized carbons (Fsp3) is 0. The number of phenols is 1. The lowest BCUT2D eigenvalue weighted by Crippen LogP contribution is -2.13. The molecule has 0 atom stereocenters. The summed E-state index contributed by atoms with van der Waals surface area (Å²) in [6, 6.07) is 5.83. The monoisotopic (exact) mass is 319 g/mol. The lowest BCUT2D eigenvalue weighted by atomic mass is 10.3. The van der Waals surface area contributed by atoms with Gasteiger partial charge in [-0.05, 0) is 24.3 Å². The highest BCUT2D eigenvalue weighted by Crippen LogP contribution is 2.34. The van der Waals surface area contributed by atoms with Crippen molar-refractivity contribution in [1.82, 2.24) is 0 Å². The van der Waals surface area contributed by atoms with Crippen LogP contribution in [0.15, 0.2) is 41.3 Å². The summed E-state index contributed by atoms with van der Waals surface area (Å²) >= 11 is 5.53. The molecule has 2 rings (SSSR count).